The molecule has 1 atom stereocenters. The Bertz CT molecular complexity index is 140. The molecule has 1 saturated carbocycles. The highest BCUT2D eigenvalue weighted by Gasteiger charge is 2.38. The maximum absolute atomic E-state index is 12.1. The number of rotatable bonds is 4. The summed E-state index contributed by atoms with van der Waals surface area (Å²) in [4.78, 5) is 0. The summed E-state index contributed by atoms with van der Waals surface area (Å²) in [5, 5.41) is 0. The van der Waals surface area contributed by atoms with E-state index >= 15 is 0 Å². The SMILES string of the molecule is NCC(CCC1CC1)C(F)(F)F. The number of alkyl halides is 3. The summed E-state index contributed by atoms with van der Waals surface area (Å²) in [7, 11) is 0. The van der Waals surface area contributed by atoms with Crippen LogP contribution < -0.4 is 5.73 Å². The van der Waals surface area contributed by atoms with Gasteiger partial charge in [0.15, 0.2) is 0 Å². The van der Waals surface area contributed by atoms with E-state index in [2.05, 4.69) is 0 Å². The molecule has 0 aliphatic heterocycles. The van der Waals surface area contributed by atoms with Gasteiger partial charge in [0.25, 0.3) is 0 Å². The fraction of sp³-hybridized carbons (Fsp3) is 1.00. The third-order valence-corrected chi connectivity index (χ3v) is 2.37. The first-order valence-electron chi connectivity index (χ1n) is 4.31. The molecule has 0 aromatic rings. The highest BCUT2D eigenvalue weighted by Crippen LogP contribution is 2.37. The van der Waals surface area contributed by atoms with Crippen molar-refractivity contribution in [2.45, 2.75) is 31.9 Å². The zero-order valence-electron chi connectivity index (χ0n) is 6.90. The Morgan fingerprint density at radius 3 is 2.25 bits per heavy atom. The van der Waals surface area contributed by atoms with E-state index in [0.717, 1.165) is 12.8 Å². The van der Waals surface area contributed by atoms with Gasteiger partial charge in [-0.15, -0.1) is 0 Å². The molecule has 0 heterocycles. The fourth-order valence-electron chi connectivity index (χ4n) is 1.26. The second-order valence-corrected chi connectivity index (χ2v) is 3.49. The molecule has 1 nitrogen and oxygen atoms in total. The Kier molecular flexibility index (Phi) is 2.99. The lowest BCUT2D eigenvalue weighted by Crippen LogP contribution is -2.30. The van der Waals surface area contributed by atoms with Gasteiger partial charge in [0, 0.05) is 6.54 Å². The Hall–Kier alpha value is -0.250. The molecular formula is C8H14F3N. The van der Waals surface area contributed by atoms with Crippen molar-refractivity contribution in [2.75, 3.05) is 6.54 Å². The van der Waals surface area contributed by atoms with Crippen molar-refractivity contribution in [3.05, 3.63) is 0 Å². The summed E-state index contributed by atoms with van der Waals surface area (Å²) in [6, 6.07) is 0. The van der Waals surface area contributed by atoms with Crippen molar-refractivity contribution >= 4 is 0 Å². The van der Waals surface area contributed by atoms with E-state index in [0.29, 0.717) is 12.3 Å². The summed E-state index contributed by atoms with van der Waals surface area (Å²) in [6.07, 6.45) is -0.972. The lowest BCUT2D eigenvalue weighted by atomic mass is 10.0. The molecule has 0 radical (unpaired) electrons. The smallest absolute Gasteiger partial charge is 0.330 e. The monoisotopic (exact) mass is 181 g/mol. The zero-order valence-corrected chi connectivity index (χ0v) is 6.90. The van der Waals surface area contributed by atoms with E-state index < -0.39 is 12.1 Å². The molecule has 72 valence electrons. The van der Waals surface area contributed by atoms with Crippen molar-refractivity contribution in [2.24, 2.45) is 17.6 Å². The van der Waals surface area contributed by atoms with E-state index in [9.17, 15) is 13.2 Å². The van der Waals surface area contributed by atoms with Crippen molar-refractivity contribution in [1.29, 1.82) is 0 Å². The molecule has 0 bridgehead atoms. The van der Waals surface area contributed by atoms with Gasteiger partial charge >= 0.3 is 6.18 Å². The lowest BCUT2D eigenvalue weighted by Gasteiger charge is -2.17. The third kappa shape index (κ3) is 3.01. The number of nitrogens with two attached hydrogens (primary N) is 1. The fourth-order valence-corrected chi connectivity index (χ4v) is 1.26. The summed E-state index contributed by atoms with van der Waals surface area (Å²) >= 11 is 0. The predicted molar refractivity (Wildman–Crippen MR) is 40.6 cm³/mol. The van der Waals surface area contributed by atoms with Crippen molar-refractivity contribution in [3.63, 3.8) is 0 Å². The second kappa shape index (κ2) is 3.64. The average Bonchev–Trinajstić information content (AvgIpc) is 2.69. The molecule has 0 saturated heterocycles. The van der Waals surface area contributed by atoms with Gasteiger partial charge in [-0.1, -0.05) is 12.8 Å². The van der Waals surface area contributed by atoms with Gasteiger partial charge in [0.1, 0.15) is 0 Å². The number of hydrogen-bond donors (Lipinski definition) is 1. The van der Waals surface area contributed by atoms with Crippen molar-refractivity contribution in [1.82, 2.24) is 0 Å². The van der Waals surface area contributed by atoms with E-state index in [1.54, 1.807) is 0 Å². The Balaban J connectivity index is 2.23. The molecule has 1 unspecified atom stereocenters. The third-order valence-electron chi connectivity index (χ3n) is 2.37. The second-order valence-electron chi connectivity index (χ2n) is 3.49. The Morgan fingerprint density at radius 1 is 1.33 bits per heavy atom. The summed E-state index contributed by atoms with van der Waals surface area (Å²) in [5.74, 6) is -0.723. The maximum Gasteiger partial charge on any atom is 0.393 e. The van der Waals surface area contributed by atoms with Gasteiger partial charge in [0.2, 0.25) is 0 Å². The minimum atomic E-state index is -4.09. The van der Waals surface area contributed by atoms with Crippen LogP contribution in [0.5, 0.6) is 0 Å². The van der Waals surface area contributed by atoms with Gasteiger partial charge in [-0.3, -0.25) is 0 Å². The minimum absolute atomic E-state index is 0.213. The van der Waals surface area contributed by atoms with Crippen LogP contribution in [0.4, 0.5) is 13.2 Å². The Morgan fingerprint density at radius 2 is 1.92 bits per heavy atom. The van der Waals surface area contributed by atoms with Gasteiger partial charge in [-0.2, -0.15) is 13.2 Å². The molecule has 1 fully saturated rings. The van der Waals surface area contributed by atoms with Crippen molar-refractivity contribution < 1.29 is 13.2 Å². The first-order chi connectivity index (χ1) is 5.54. The molecule has 1 aliphatic carbocycles. The van der Waals surface area contributed by atoms with Crippen LogP contribution in [0.3, 0.4) is 0 Å². The molecule has 0 spiro atoms. The molecule has 0 amide bonds. The van der Waals surface area contributed by atoms with E-state index in [1.165, 1.54) is 0 Å². The topological polar surface area (TPSA) is 26.0 Å². The van der Waals surface area contributed by atoms with Crippen LogP contribution in [0.1, 0.15) is 25.7 Å². The van der Waals surface area contributed by atoms with Crippen LogP contribution in [0.2, 0.25) is 0 Å². The standard InChI is InChI=1S/C8H14F3N/c9-8(10,11)7(5-12)4-3-6-1-2-6/h6-7H,1-5,12H2. The number of hydrogen-bond acceptors (Lipinski definition) is 1. The van der Waals surface area contributed by atoms with Crippen molar-refractivity contribution in [3.8, 4) is 0 Å². The van der Waals surface area contributed by atoms with Gasteiger partial charge in [-0.25, -0.2) is 0 Å². The first kappa shape index (κ1) is 9.84. The van der Waals surface area contributed by atoms with Crippen LogP contribution in [0, 0.1) is 11.8 Å². The molecule has 2 N–H and O–H groups in total. The van der Waals surface area contributed by atoms with Crippen LogP contribution in [0.15, 0.2) is 0 Å². The summed E-state index contributed by atoms with van der Waals surface area (Å²) in [6.45, 7) is -0.268. The van der Waals surface area contributed by atoms with Crippen LogP contribution in [-0.4, -0.2) is 12.7 Å². The molecule has 4 heteroatoms. The minimum Gasteiger partial charge on any atom is -0.330 e. The first-order valence-corrected chi connectivity index (χ1v) is 4.31. The van der Waals surface area contributed by atoms with Crippen LogP contribution in [-0.2, 0) is 0 Å². The summed E-state index contributed by atoms with van der Waals surface area (Å²) < 4.78 is 36.3. The summed E-state index contributed by atoms with van der Waals surface area (Å²) in [5.41, 5.74) is 5.05. The lowest BCUT2D eigenvalue weighted by molar-refractivity contribution is -0.173. The molecular weight excluding hydrogens is 167 g/mol. The van der Waals surface area contributed by atoms with Crippen LogP contribution in [0.25, 0.3) is 0 Å². The van der Waals surface area contributed by atoms with Crippen LogP contribution >= 0.6 is 0 Å². The quantitative estimate of drug-likeness (QED) is 0.707. The number of halogens is 3. The Labute approximate surface area is 70.1 Å². The van der Waals surface area contributed by atoms with Gasteiger partial charge in [-0.05, 0) is 18.8 Å². The van der Waals surface area contributed by atoms with E-state index in [-0.39, 0.29) is 13.0 Å². The largest absolute Gasteiger partial charge is 0.393 e. The predicted octanol–water partition coefficient (Wildman–Crippen LogP) is 2.31. The maximum atomic E-state index is 12.1. The molecule has 1 rings (SSSR count). The molecule has 0 aromatic heterocycles. The van der Waals surface area contributed by atoms with Gasteiger partial charge < -0.3 is 5.73 Å². The van der Waals surface area contributed by atoms with E-state index in [4.69, 9.17) is 5.73 Å². The van der Waals surface area contributed by atoms with E-state index in [1.807, 2.05) is 0 Å². The molecule has 12 heavy (non-hydrogen) atoms. The zero-order chi connectivity index (χ0) is 9.19. The average molecular weight is 181 g/mol. The highest BCUT2D eigenvalue weighted by molar-refractivity contribution is 4.77. The molecule has 0 aromatic carbocycles. The van der Waals surface area contributed by atoms with Gasteiger partial charge in [0.05, 0.1) is 5.92 Å². The normalized spacial score (nSPS) is 21.0. The highest BCUT2D eigenvalue weighted by atomic mass is 19.4. The molecule has 1 aliphatic rings.